The quantitative estimate of drug-likeness (QED) is 0.436. The van der Waals surface area contributed by atoms with Crippen LogP contribution in [0.4, 0.5) is 4.79 Å². The minimum atomic E-state index is -0.758. The van der Waals surface area contributed by atoms with E-state index in [1.54, 1.807) is 20.8 Å². The van der Waals surface area contributed by atoms with Crippen LogP contribution in [0.5, 0.6) is 0 Å². The van der Waals surface area contributed by atoms with Crippen molar-refractivity contribution < 1.29 is 23.7 Å². The highest BCUT2D eigenvalue weighted by atomic mass is 35.5. The minimum absolute atomic E-state index is 0.151. The highest BCUT2D eigenvalue weighted by Crippen LogP contribution is 2.46. The first-order chi connectivity index (χ1) is 16.1. The molecule has 2 heterocycles. The molecule has 0 radical (unpaired) electrons. The topological polar surface area (TPSA) is 54.0 Å². The van der Waals surface area contributed by atoms with E-state index in [1.807, 2.05) is 31.2 Å². The zero-order valence-corrected chi connectivity index (χ0v) is 21.0. The highest BCUT2D eigenvalue weighted by molar-refractivity contribution is 6.30. The van der Waals surface area contributed by atoms with Crippen molar-refractivity contribution in [3.8, 4) is 11.1 Å². The van der Waals surface area contributed by atoms with Crippen LogP contribution in [0.15, 0.2) is 60.4 Å². The normalized spacial score (nSPS) is 18.2. The van der Waals surface area contributed by atoms with Crippen LogP contribution in [0, 0.1) is 6.92 Å². The van der Waals surface area contributed by atoms with Crippen molar-refractivity contribution in [2.24, 2.45) is 0 Å². The molecule has 6 heteroatoms. The van der Waals surface area contributed by atoms with Gasteiger partial charge in [-0.3, -0.25) is 0 Å². The smallest absolute Gasteiger partial charge is 0.428 e. The number of halogens is 1. The Balaban J connectivity index is 1.80. The molecular formula is C28H31ClO5. The summed E-state index contributed by atoms with van der Waals surface area (Å²) in [7, 11) is 0. The second-order valence-corrected chi connectivity index (χ2v) is 10.2. The molecule has 0 aliphatic carbocycles. The third-order valence-electron chi connectivity index (χ3n) is 6.19. The summed E-state index contributed by atoms with van der Waals surface area (Å²) in [5.74, 6) is 0.410. The lowest BCUT2D eigenvalue weighted by molar-refractivity contribution is -0.0911. The van der Waals surface area contributed by atoms with Gasteiger partial charge in [0.1, 0.15) is 18.0 Å². The van der Waals surface area contributed by atoms with Gasteiger partial charge in [-0.25, -0.2) is 4.79 Å². The third kappa shape index (κ3) is 5.22. The summed E-state index contributed by atoms with van der Waals surface area (Å²) in [5.41, 5.74) is 4.45. The molecule has 180 valence electrons. The fourth-order valence-corrected chi connectivity index (χ4v) is 4.51. The molecule has 4 rings (SSSR count). The van der Waals surface area contributed by atoms with Gasteiger partial charge in [-0.15, -0.1) is 0 Å². The Labute approximate surface area is 206 Å². The van der Waals surface area contributed by atoms with Gasteiger partial charge in [0.05, 0.1) is 5.60 Å². The van der Waals surface area contributed by atoms with Gasteiger partial charge in [-0.05, 0) is 73.7 Å². The van der Waals surface area contributed by atoms with Gasteiger partial charge in [0.2, 0.25) is 0 Å². The van der Waals surface area contributed by atoms with Crippen LogP contribution in [0.3, 0.4) is 0 Å². The summed E-state index contributed by atoms with van der Waals surface area (Å²) < 4.78 is 23.0. The molecule has 2 aromatic rings. The molecule has 0 amide bonds. The zero-order valence-electron chi connectivity index (χ0n) is 20.2. The van der Waals surface area contributed by atoms with Crippen molar-refractivity contribution in [3.05, 3.63) is 76.5 Å². The summed E-state index contributed by atoms with van der Waals surface area (Å²) in [4.78, 5) is 12.6. The summed E-state index contributed by atoms with van der Waals surface area (Å²) in [6, 6.07) is 14.0. The molecule has 1 spiro atoms. The summed E-state index contributed by atoms with van der Waals surface area (Å²) in [6.07, 6.45) is 0.640. The van der Waals surface area contributed by atoms with Crippen LogP contribution < -0.4 is 0 Å². The lowest BCUT2D eigenvalue weighted by atomic mass is 9.77. The van der Waals surface area contributed by atoms with E-state index in [0.29, 0.717) is 36.8 Å². The number of hydrogen-bond donors (Lipinski definition) is 0. The molecule has 1 saturated heterocycles. The Kier molecular flexibility index (Phi) is 6.90. The average molecular weight is 483 g/mol. The molecule has 2 aromatic carbocycles. The van der Waals surface area contributed by atoms with E-state index < -0.39 is 17.4 Å². The summed E-state index contributed by atoms with van der Waals surface area (Å²) in [6.45, 7) is 13.2. The molecular weight excluding hydrogens is 452 g/mol. The number of carbonyl (C=O) groups excluding carboxylic acids is 1. The van der Waals surface area contributed by atoms with E-state index in [1.165, 1.54) is 0 Å². The minimum Gasteiger partial charge on any atom is -0.428 e. The Hall–Kier alpha value is -2.60. The molecule has 34 heavy (non-hydrogen) atoms. The number of aryl methyl sites for hydroxylation is 1. The number of rotatable bonds is 3. The van der Waals surface area contributed by atoms with Crippen LogP contribution in [0.25, 0.3) is 16.7 Å². The van der Waals surface area contributed by atoms with Crippen molar-refractivity contribution in [2.45, 2.75) is 51.7 Å². The summed E-state index contributed by atoms with van der Waals surface area (Å²) in [5, 5.41) is 0.686. The van der Waals surface area contributed by atoms with Crippen molar-refractivity contribution in [1.82, 2.24) is 0 Å². The first kappa shape index (κ1) is 24.5. The summed E-state index contributed by atoms with van der Waals surface area (Å²) >= 11 is 6.09. The number of benzene rings is 2. The zero-order chi connectivity index (χ0) is 24.5. The largest absolute Gasteiger partial charge is 0.514 e. The predicted molar refractivity (Wildman–Crippen MR) is 134 cm³/mol. The molecule has 0 N–H and O–H groups in total. The van der Waals surface area contributed by atoms with Gasteiger partial charge in [0, 0.05) is 36.7 Å². The van der Waals surface area contributed by atoms with Crippen molar-refractivity contribution in [1.29, 1.82) is 0 Å². The van der Waals surface area contributed by atoms with E-state index in [9.17, 15) is 4.79 Å². The molecule has 2 aliphatic heterocycles. The highest BCUT2D eigenvalue weighted by Gasteiger charge is 2.43. The van der Waals surface area contributed by atoms with Crippen LogP contribution in [-0.2, 0) is 18.9 Å². The van der Waals surface area contributed by atoms with Crippen LogP contribution in [0.1, 0.15) is 44.7 Å². The molecule has 5 nitrogen and oxygen atoms in total. The lowest BCUT2D eigenvalue weighted by Crippen LogP contribution is -2.44. The maximum Gasteiger partial charge on any atom is 0.514 e. The third-order valence-corrected chi connectivity index (χ3v) is 6.44. The Morgan fingerprint density at radius 2 is 1.71 bits per heavy atom. The monoisotopic (exact) mass is 482 g/mol. The van der Waals surface area contributed by atoms with Crippen molar-refractivity contribution >= 4 is 23.3 Å². The standard InChI is InChI=1S/C28H31ClO5/c1-18-6-7-21(20-8-10-22(29)11-9-20)16-23(18)25-19(2)28(12-14-31-15-13-28)32-17-24(25)33-26(30)34-27(3,4)5/h6-11,16H,2,12-15,17H2,1,3-5H3. The van der Waals surface area contributed by atoms with E-state index in [-0.39, 0.29) is 6.61 Å². The van der Waals surface area contributed by atoms with E-state index in [0.717, 1.165) is 33.4 Å². The van der Waals surface area contributed by atoms with E-state index in [4.69, 9.17) is 30.5 Å². The number of ether oxygens (including phenoxy) is 4. The molecule has 0 bridgehead atoms. The van der Waals surface area contributed by atoms with Gasteiger partial charge in [0.15, 0.2) is 0 Å². The van der Waals surface area contributed by atoms with Crippen LogP contribution in [-0.4, -0.2) is 37.2 Å². The molecule has 0 unspecified atom stereocenters. The number of hydrogen-bond acceptors (Lipinski definition) is 5. The second kappa shape index (κ2) is 9.57. The van der Waals surface area contributed by atoms with Gasteiger partial charge < -0.3 is 18.9 Å². The molecule has 1 fully saturated rings. The van der Waals surface area contributed by atoms with Crippen molar-refractivity contribution in [2.75, 3.05) is 19.8 Å². The maximum atomic E-state index is 12.6. The predicted octanol–water partition coefficient (Wildman–Crippen LogP) is 7.11. The second-order valence-electron chi connectivity index (χ2n) is 9.78. The fraction of sp³-hybridized carbons (Fsp3) is 0.393. The Morgan fingerprint density at radius 1 is 1.06 bits per heavy atom. The Bertz CT molecular complexity index is 1120. The van der Waals surface area contributed by atoms with Crippen molar-refractivity contribution in [3.63, 3.8) is 0 Å². The SMILES string of the molecule is C=C1C(c2cc(-c3ccc(Cl)cc3)ccc2C)=C(OC(=O)OC(C)(C)C)COC12CCOCC2. The number of carbonyl (C=O) groups is 1. The van der Waals surface area contributed by atoms with Gasteiger partial charge in [-0.2, -0.15) is 0 Å². The Morgan fingerprint density at radius 3 is 2.35 bits per heavy atom. The van der Waals surface area contributed by atoms with Gasteiger partial charge in [0.25, 0.3) is 0 Å². The van der Waals surface area contributed by atoms with Gasteiger partial charge in [-0.1, -0.05) is 42.4 Å². The fourth-order valence-electron chi connectivity index (χ4n) is 4.38. The van der Waals surface area contributed by atoms with Crippen LogP contribution in [0.2, 0.25) is 5.02 Å². The maximum absolute atomic E-state index is 12.6. The van der Waals surface area contributed by atoms with Gasteiger partial charge >= 0.3 is 6.16 Å². The molecule has 0 atom stereocenters. The molecule has 0 aromatic heterocycles. The first-order valence-electron chi connectivity index (χ1n) is 11.5. The van der Waals surface area contributed by atoms with Crippen LogP contribution >= 0.6 is 11.6 Å². The molecule has 0 saturated carbocycles. The average Bonchev–Trinajstić information content (AvgIpc) is 2.78. The van der Waals surface area contributed by atoms with E-state index >= 15 is 0 Å². The first-order valence-corrected chi connectivity index (χ1v) is 11.9. The molecule has 2 aliphatic rings. The lowest BCUT2D eigenvalue weighted by Gasteiger charge is -2.43. The van der Waals surface area contributed by atoms with E-state index in [2.05, 4.69) is 24.8 Å².